The minimum absolute atomic E-state index is 0.303. The molecule has 0 fully saturated rings. The van der Waals surface area contributed by atoms with Gasteiger partial charge in [0.15, 0.2) is 0 Å². The van der Waals surface area contributed by atoms with E-state index in [1.54, 1.807) is 18.2 Å². The van der Waals surface area contributed by atoms with E-state index in [0.29, 0.717) is 17.1 Å². The second-order valence-corrected chi connectivity index (χ2v) is 5.45. The molecule has 144 valence electrons. The number of nitro groups is 1. The van der Waals surface area contributed by atoms with Gasteiger partial charge >= 0.3 is 11.8 Å². The van der Waals surface area contributed by atoms with Crippen LogP contribution in [0.1, 0.15) is 18.0 Å². The van der Waals surface area contributed by atoms with Crippen molar-refractivity contribution in [3.8, 4) is 11.5 Å². The number of rotatable bonds is 9. The van der Waals surface area contributed by atoms with E-state index in [0.717, 1.165) is 10.7 Å². The lowest BCUT2D eigenvalue weighted by molar-refractivity contribution is -0.389. The summed E-state index contributed by atoms with van der Waals surface area (Å²) in [6.07, 6.45) is 0.908. The van der Waals surface area contributed by atoms with Crippen LogP contribution in [0.25, 0.3) is 0 Å². The number of carboxylic acids is 1. The van der Waals surface area contributed by atoms with Gasteiger partial charge in [-0.25, -0.2) is 0 Å². The van der Waals surface area contributed by atoms with Gasteiger partial charge in [-0.3, -0.25) is 9.59 Å². The molecule has 1 aromatic carbocycles. The van der Waals surface area contributed by atoms with Gasteiger partial charge in [-0.05, 0) is 17.1 Å². The van der Waals surface area contributed by atoms with Gasteiger partial charge in [-0.15, -0.1) is 0 Å². The summed E-state index contributed by atoms with van der Waals surface area (Å²) < 4.78 is 11.5. The number of hydrogen-bond donors (Lipinski definition) is 2. The molecule has 0 aliphatic carbocycles. The summed E-state index contributed by atoms with van der Waals surface area (Å²) in [4.78, 5) is 33.5. The van der Waals surface area contributed by atoms with E-state index in [4.69, 9.17) is 14.6 Å². The molecular formula is C16H18N4O7. The number of benzene rings is 1. The van der Waals surface area contributed by atoms with Gasteiger partial charge < -0.3 is 30.0 Å². The third-order valence-corrected chi connectivity index (χ3v) is 3.65. The SMILES string of the molecule is COc1ccc(C(CC(=O)O)NC(=O)Cn2ccc([N+](=O)[O-])n2)c(OC)c1. The third kappa shape index (κ3) is 5.17. The summed E-state index contributed by atoms with van der Waals surface area (Å²) in [6.45, 7) is -0.303. The number of methoxy groups -OCH3 is 2. The van der Waals surface area contributed by atoms with E-state index in [1.165, 1.54) is 20.4 Å². The summed E-state index contributed by atoms with van der Waals surface area (Å²) in [6, 6.07) is 5.09. The number of carboxylic acid groups (broad SMARTS) is 1. The minimum Gasteiger partial charge on any atom is -0.497 e. The van der Waals surface area contributed by atoms with Crippen molar-refractivity contribution in [1.82, 2.24) is 15.1 Å². The Morgan fingerprint density at radius 3 is 2.63 bits per heavy atom. The zero-order valence-electron chi connectivity index (χ0n) is 14.6. The molecule has 1 amide bonds. The van der Waals surface area contributed by atoms with Gasteiger partial charge in [0.25, 0.3) is 0 Å². The van der Waals surface area contributed by atoms with Gasteiger partial charge in [-0.1, -0.05) is 0 Å². The van der Waals surface area contributed by atoms with Crippen molar-refractivity contribution in [2.75, 3.05) is 14.2 Å². The third-order valence-electron chi connectivity index (χ3n) is 3.65. The van der Waals surface area contributed by atoms with Gasteiger partial charge in [0.2, 0.25) is 5.91 Å². The maximum Gasteiger partial charge on any atom is 0.389 e. The van der Waals surface area contributed by atoms with E-state index >= 15 is 0 Å². The molecule has 0 spiro atoms. The summed E-state index contributed by atoms with van der Waals surface area (Å²) in [7, 11) is 2.90. The molecule has 1 aromatic heterocycles. The summed E-state index contributed by atoms with van der Waals surface area (Å²) in [5.41, 5.74) is 0.459. The van der Waals surface area contributed by atoms with Gasteiger partial charge in [0.1, 0.15) is 18.0 Å². The highest BCUT2D eigenvalue weighted by molar-refractivity contribution is 5.77. The largest absolute Gasteiger partial charge is 0.497 e. The molecule has 0 aliphatic rings. The monoisotopic (exact) mass is 378 g/mol. The number of carbonyl (C=O) groups excluding carboxylic acids is 1. The molecule has 11 heteroatoms. The first-order valence-electron chi connectivity index (χ1n) is 7.75. The Morgan fingerprint density at radius 2 is 2.07 bits per heavy atom. The molecule has 1 heterocycles. The first-order valence-corrected chi connectivity index (χ1v) is 7.75. The van der Waals surface area contributed by atoms with Crippen LogP contribution in [0.4, 0.5) is 5.82 Å². The van der Waals surface area contributed by atoms with Crippen molar-refractivity contribution in [3.63, 3.8) is 0 Å². The molecule has 2 aromatic rings. The van der Waals surface area contributed by atoms with Crippen LogP contribution in [-0.4, -0.2) is 45.9 Å². The van der Waals surface area contributed by atoms with E-state index in [1.807, 2.05) is 0 Å². The van der Waals surface area contributed by atoms with E-state index in [2.05, 4.69) is 10.4 Å². The van der Waals surface area contributed by atoms with Crippen LogP contribution >= 0.6 is 0 Å². The predicted molar refractivity (Wildman–Crippen MR) is 91.6 cm³/mol. The molecule has 11 nitrogen and oxygen atoms in total. The number of hydrogen-bond acceptors (Lipinski definition) is 7. The fraction of sp³-hybridized carbons (Fsp3) is 0.312. The lowest BCUT2D eigenvalue weighted by Crippen LogP contribution is -2.33. The Bertz CT molecular complexity index is 849. The topological polar surface area (TPSA) is 146 Å². The van der Waals surface area contributed by atoms with Crippen molar-refractivity contribution in [3.05, 3.63) is 46.1 Å². The summed E-state index contributed by atoms with van der Waals surface area (Å²) >= 11 is 0. The molecule has 1 unspecified atom stereocenters. The van der Waals surface area contributed by atoms with Crippen molar-refractivity contribution in [2.24, 2.45) is 0 Å². The lowest BCUT2D eigenvalue weighted by atomic mass is 10.0. The number of amides is 1. The molecule has 0 bridgehead atoms. The molecule has 2 N–H and O–H groups in total. The number of nitrogens with one attached hydrogen (secondary N) is 1. The normalized spacial score (nSPS) is 11.5. The number of nitrogens with zero attached hydrogens (tertiary/aromatic N) is 3. The number of aliphatic carboxylic acids is 1. The number of ether oxygens (including phenoxy) is 2. The molecule has 0 aliphatic heterocycles. The first-order chi connectivity index (χ1) is 12.8. The van der Waals surface area contributed by atoms with E-state index < -0.39 is 22.8 Å². The summed E-state index contributed by atoms with van der Waals surface area (Å²) in [5.74, 6) is -1.19. The van der Waals surface area contributed by atoms with Crippen molar-refractivity contribution in [2.45, 2.75) is 19.0 Å². The van der Waals surface area contributed by atoms with Crippen LogP contribution in [0.3, 0.4) is 0 Å². The van der Waals surface area contributed by atoms with Crippen molar-refractivity contribution >= 4 is 17.7 Å². The van der Waals surface area contributed by atoms with Gasteiger partial charge in [0, 0.05) is 11.6 Å². The smallest absolute Gasteiger partial charge is 0.389 e. The minimum atomic E-state index is -1.12. The molecular weight excluding hydrogens is 360 g/mol. The Hall–Kier alpha value is -3.63. The average Bonchev–Trinajstić information content (AvgIpc) is 3.08. The Labute approximate surface area is 153 Å². The highest BCUT2D eigenvalue weighted by Crippen LogP contribution is 2.31. The molecule has 0 saturated carbocycles. The Balaban J connectivity index is 2.19. The van der Waals surface area contributed by atoms with Crippen molar-refractivity contribution < 1.29 is 29.1 Å². The Kier molecular flexibility index (Phi) is 6.31. The first kappa shape index (κ1) is 19.7. The molecule has 2 rings (SSSR count). The molecule has 0 saturated heterocycles. The number of aromatic nitrogens is 2. The second kappa shape index (κ2) is 8.65. The fourth-order valence-corrected chi connectivity index (χ4v) is 2.44. The standard InChI is InChI=1S/C16H18N4O7/c1-26-10-3-4-11(13(7-10)27-2)12(8-16(22)23)17-15(21)9-19-6-5-14(18-19)20(24)25/h3-7,12H,8-9H2,1-2H3,(H,17,21)(H,22,23). The van der Waals surface area contributed by atoms with Crippen LogP contribution in [0.5, 0.6) is 11.5 Å². The number of carbonyl (C=O) groups is 2. The predicted octanol–water partition coefficient (Wildman–Crippen LogP) is 1.14. The zero-order chi connectivity index (χ0) is 20.0. The van der Waals surface area contributed by atoms with Crippen LogP contribution in [0.15, 0.2) is 30.5 Å². The van der Waals surface area contributed by atoms with Crippen LogP contribution in [0.2, 0.25) is 0 Å². The van der Waals surface area contributed by atoms with Crippen LogP contribution < -0.4 is 14.8 Å². The Morgan fingerprint density at radius 1 is 1.33 bits per heavy atom. The maximum absolute atomic E-state index is 12.3. The van der Waals surface area contributed by atoms with Gasteiger partial charge in [-0.2, -0.15) is 4.68 Å². The lowest BCUT2D eigenvalue weighted by Gasteiger charge is -2.20. The quantitative estimate of drug-likeness (QED) is 0.488. The molecule has 27 heavy (non-hydrogen) atoms. The van der Waals surface area contributed by atoms with Crippen LogP contribution in [0, 0.1) is 10.1 Å². The molecule has 0 radical (unpaired) electrons. The van der Waals surface area contributed by atoms with E-state index in [9.17, 15) is 19.7 Å². The van der Waals surface area contributed by atoms with Gasteiger partial charge in [0.05, 0.1) is 44.0 Å². The van der Waals surface area contributed by atoms with Crippen molar-refractivity contribution in [1.29, 1.82) is 0 Å². The maximum atomic E-state index is 12.3. The molecule has 1 atom stereocenters. The average molecular weight is 378 g/mol. The highest BCUT2D eigenvalue weighted by Gasteiger charge is 2.23. The van der Waals surface area contributed by atoms with E-state index in [-0.39, 0.29) is 18.8 Å². The summed E-state index contributed by atoms with van der Waals surface area (Å²) in [5, 5.41) is 26.1. The zero-order valence-corrected chi connectivity index (χ0v) is 14.6. The highest BCUT2D eigenvalue weighted by atomic mass is 16.6. The fourth-order valence-electron chi connectivity index (χ4n) is 2.44. The second-order valence-electron chi connectivity index (χ2n) is 5.45. The van der Waals surface area contributed by atoms with Crippen LogP contribution in [-0.2, 0) is 16.1 Å².